The number of aliphatic hydroxyl groups excluding tert-OH is 1. The van der Waals surface area contributed by atoms with Crippen molar-refractivity contribution in [1.29, 1.82) is 0 Å². The summed E-state index contributed by atoms with van der Waals surface area (Å²) in [5.41, 5.74) is 2.88. The standard InChI is InChI=1S/C20H20N4O/c1-2-17(13-25)23-19-9-10-21-20-18(12-22-24(19)20)16-8-7-14-5-3-4-6-15(14)11-16/h3-12,17,23,25H,2,13H2,1H3. The van der Waals surface area contributed by atoms with Crippen molar-refractivity contribution in [3.8, 4) is 11.1 Å². The van der Waals surface area contributed by atoms with Crippen molar-refractivity contribution in [3.63, 3.8) is 0 Å². The van der Waals surface area contributed by atoms with Crippen molar-refractivity contribution < 1.29 is 5.11 Å². The van der Waals surface area contributed by atoms with E-state index in [1.807, 2.05) is 31.3 Å². The molecule has 0 amide bonds. The first-order valence-electron chi connectivity index (χ1n) is 8.49. The molecule has 0 radical (unpaired) electrons. The maximum atomic E-state index is 9.44. The summed E-state index contributed by atoms with van der Waals surface area (Å²) in [5, 5.41) is 19.7. The Balaban J connectivity index is 1.80. The Morgan fingerprint density at radius 1 is 1.12 bits per heavy atom. The van der Waals surface area contributed by atoms with Gasteiger partial charge in [-0.05, 0) is 34.9 Å². The minimum Gasteiger partial charge on any atom is -0.394 e. The zero-order valence-electron chi connectivity index (χ0n) is 14.1. The zero-order chi connectivity index (χ0) is 17.2. The van der Waals surface area contributed by atoms with Gasteiger partial charge in [0.2, 0.25) is 0 Å². The third kappa shape index (κ3) is 2.83. The predicted octanol–water partition coefficient (Wildman–Crippen LogP) is 3.73. The summed E-state index contributed by atoms with van der Waals surface area (Å²) in [7, 11) is 0. The second-order valence-electron chi connectivity index (χ2n) is 6.12. The number of fused-ring (bicyclic) bond motifs is 2. The highest BCUT2D eigenvalue weighted by molar-refractivity contribution is 5.89. The number of aliphatic hydroxyl groups is 1. The fraction of sp³-hybridized carbons (Fsp3) is 0.200. The SMILES string of the molecule is CCC(CO)Nc1ccnc2c(-c3ccc4ccccc4c3)cnn12. The molecule has 0 aliphatic carbocycles. The van der Waals surface area contributed by atoms with Crippen LogP contribution in [0.2, 0.25) is 0 Å². The topological polar surface area (TPSA) is 62.5 Å². The lowest BCUT2D eigenvalue weighted by atomic mass is 10.0. The van der Waals surface area contributed by atoms with Gasteiger partial charge in [-0.1, -0.05) is 43.3 Å². The molecule has 25 heavy (non-hydrogen) atoms. The molecule has 1 atom stereocenters. The van der Waals surface area contributed by atoms with Crippen molar-refractivity contribution >= 4 is 22.2 Å². The number of nitrogens with zero attached hydrogens (tertiary/aromatic N) is 3. The summed E-state index contributed by atoms with van der Waals surface area (Å²) in [4.78, 5) is 4.52. The van der Waals surface area contributed by atoms with Gasteiger partial charge in [0.1, 0.15) is 5.82 Å². The van der Waals surface area contributed by atoms with Gasteiger partial charge in [0.05, 0.1) is 18.8 Å². The van der Waals surface area contributed by atoms with Crippen LogP contribution in [0, 0.1) is 0 Å². The lowest BCUT2D eigenvalue weighted by Crippen LogP contribution is -2.24. The van der Waals surface area contributed by atoms with Crippen LogP contribution in [0.1, 0.15) is 13.3 Å². The Hall–Kier alpha value is -2.92. The van der Waals surface area contributed by atoms with Gasteiger partial charge in [0, 0.05) is 11.8 Å². The van der Waals surface area contributed by atoms with Gasteiger partial charge < -0.3 is 10.4 Å². The number of nitrogens with one attached hydrogen (secondary N) is 1. The van der Waals surface area contributed by atoms with Gasteiger partial charge in [0.15, 0.2) is 5.65 Å². The molecule has 4 aromatic rings. The van der Waals surface area contributed by atoms with Crippen LogP contribution in [0.15, 0.2) is 60.9 Å². The molecule has 126 valence electrons. The molecule has 2 aromatic heterocycles. The number of hydrogen-bond acceptors (Lipinski definition) is 4. The summed E-state index contributed by atoms with van der Waals surface area (Å²) >= 11 is 0. The predicted molar refractivity (Wildman–Crippen MR) is 101 cm³/mol. The van der Waals surface area contributed by atoms with E-state index in [1.165, 1.54) is 10.8 Å². The van der Waals surface area contributed by atoms with E-state index in [9.17, 15) is 5.11 Å². The molecule has 0 spiro atoms. The minimum absolute atomic E-state index is 0.00100. The molecule has 2 N–H and O–H groups in total. The van der Waals surface area contributed by atoms with Gasteiger partial charge >= 0.3 is 0 Å². The first kappa shape index (κ1) is 15.6. The summed E-state index contributed by atoms with van der Waals surface area (Å²) in [6.45, 7) is 2.12. The maximum Gasteiger partial charge on any atom is 0.165 e. The molecule has 5 nitrogen and oxygen atoms in total. The van der Waals surface area contributed by atoms with Gasteiger partial charge in [-0.25, -0.2) is 4.98 Å². The first-order chi connectivity index (χ1) is 12.3. The normalized spacial score (nSPS) is 12.6. The van der Waals surface area contributed by atoms with E-state index in [2.05, 4.69) is 45.7 Å². The van der Waals surface area contributed by atoms with E-state index < -0.39 is 0 Å². The Labute approximate surface area is 145 Å². The van der Waals surface area contributed by atoms with Crippen LogP contribution in [-0.4, -0.2) is 32.4 Å². The van der Waals surface area contributed by atoms with E-state index in [4.69, 9.17) is 0 Å². The van der Waals surface area contributed by atoms with E-state index >= 15 is 0 Å². The second-order valence-corrected chi connectivity index (χ2v) is 6.12. The molecule has 2 heterocycles. The lowest BCUT2D eigenvalue weighted by molar-refractivity contribution is 0.271. The smallest absolute Gasteiger partial charge is 0.165 e. The molecular formula is C20H20N4O. The molecule has 5 heteroatoms. The number of anilines is 1. The third-order valence-corrected chi connectivity index (χ3v) is 4.53. The largest absolute Gasteiger partial charge is 0.394 e. The summed E-state index contributed by atoms with van der Waals surface area (Å²) in [5.74, 6) is 0.831. The molecule has 0 aliphatic rings. The summed E-state index contributed by atoms with van der Waals surface area (Å²) in [6, 6.07) is 16.6. The quantitative estimate of drug-likeness (QED) is 0.584. The van der Waals surface area contributed by atoms with Crippen LogP contribution in [0.5, 0.6) is 0 Å². The molecule has 0 fully saturated rings. The fourth-order valence-corrected chi connectivity index (χ4v) is 3.05. The van der Waals surface area contributed by atoms with Crippen LogP contribution in [0.3, 0.4) is 0 Å². The number of hydrogen-bond donors (Lipinski definition) is 2. The van der Waals surface area contributed by atoms with Crippen molar-refractivity contribution in [3.05, 3.63) is 60.9 Å². The Kier molecular flexibility index (Phi) is 4.07. The lowest BCUT2D eigenvalue weighted by Gasteiger charge is -2.15. The third-order valence-electron chi connectivity index (χ3n) is 4.53. The van der Waals surface area contributed by atoms with Crippen LogP contribution >= 0.6 is 0 Å². The van der Waals surface area contributed by atoms with Gasteiger partial charge in [-0.3, -0.25) is 0 Å². The van der Waals surface area contributed by atoms with Crippen molar-refractivity contribution in [2.45, 2.75) is 19.4 Å². The van der Waals surface area contributed by atoms with Crippen LogP contribution in [-0.2, 0) is 0 Å². The van der Waals surface area contributed by atoms with Crippen LogP contribution < -0.4 is 5.32 Å². The Morgan fingerprint density at radius 2 is 1.96 bits per heavy atom. The van der Waals surface area contributed by atoms with Crippen LogP contribution in [0.25, 0.3) is 27.5 Å². The molecule has 0 saturated heterocycles. The second kappa shape index (κ2) is 6.53. The molecule has 0 bridgehead atoms. The van der Waals surface area contributed by atoms with E-state index in [-0.39, 0.29) is 12.6 Å². The Morgan fingerprint density at radius 3 is 2.76 bits per heavy atom. The molecule has 4 rings (SSSR count). The van der Waals surface area contributed by atoms with Gasteiger partial charge in [-0.15, -0.1) is 0 Å². The average molecular weight is 332 g/mol. The van der Waals surface area contributed by atoms with Crippen molar-refractivity contribution in [1.82, 2.24) is 14.6 Å². The van der Waals surface area contributed by atoms with Crippen molar-refractivity contribution in [2.75, 3.05) is 11.9 Å². The average Bonchev–Trinajstić information content (AvgIpc) is 3.10. The van der Waals surface area contributed by atoms with E-state index in [0.717, 1.165) is 29.0 Å². The zero-order valence-corrected chi connectivity index (χ0v) is 14.1. The first-order valence-corrected chi connectivity index (χ1v) is 8.49. The summed E-state index contributed by atoms with van der Waals surface area (Å²) in [6.07, 6.45) is 4.45. The minimum atomic E-state index is -0.00100. The van der Waals surface area contributed by atoms with Crippen molar-refractivity contribution in [2.24, 2.45) is 0 Å². The number of benzene rings is 2. The Bertz CT molecular complexity index is 1020. The van der Waals surface area contributed by atoms with E-state index in [0.29, 0.717) is 0 Å². The molecular weight excluding hydrogens is 312 g/mol. The highest BCUT2D eigenvalue weighted by Crippen LogP contribution is 2.28. The monoisotopic (exact) mass is 332 g/mol. The van der Waals surface area contributed by atoms with Crippen LogP contribution in [0.4, 0.5) is 5.82 Å². The van der Waals surface area contributed by atoms with E-state index in [1.54, 1.807) is 10.7 Å². The molecule has 0 saturated carbocycles. The molecule has 2 aromatic carbocycles. The number of rotatable bonds is 5. The highest BCUT2D eigenvalue weighted by atomic mass is 16.3. The fourth-order valence-electron chi connectivity index (χ4n) is 3.05. The number of aromatic nitrogens is 3. The summed E-state index contributed by atoms with van der Waals surface area (Å²) < 4.78 is 1.79. The van der Waals surface area contributed by atoms with Gasteiger partial charge in [0.25, 0.3) is 0 Å². The molecule has 1 unspecified atom stereocenters. The maximum absolute atomic E-state index is 9.44. The van der Waals surface area contributed by atoms with Gasteiger partial charge in [-0.2, -0.15) is 9.61 Å². The molecule has 0 aliphatic heterocycles. The highest BCUT2D eigenvalue weighted by Gasteiger charge is 2.13.